The predicted molar refractivity (Wildman–Crippen MR) is 76.1 cm³/mol. The Morgan fingerprint density at radius 2 is 2.05 bits per heavy atom. The van der Waals surface area contributed by atoms with E-state index in [0.29, 0.717) is 30.9 Å². The van der Waals surface area contributed by atoms with Gasteiger partial charge in [-0.05, 0) is 43.2 Å². The quantitative estimate of drug-likeness (QED) is 0.878. The van der Waals surface area contributed by atoms with Crippen molar-refractivity contribution >= 4 is 5.91 Å². The molecule has 0 aromatic heterocycles. The highest BCUT2D eigenvalue weighted by atomic mass is 19.4. The van der Waals surface area contributed by atoms with Crippen molar-refractivity contribution in [2.45, 2.75) is 43.3 Å². The normalized spacial score (nSPS) is 21.3. The molecule has 0 aliphatic heterocycles. The maximum absolute atomic E-state index is 12.8. The lowest BCUT2D eigenvalue weighted by Gasteiger charge is -2.22. The largest absolute Gasteiger partial charge is 0.416 e. The first kappa shape index (κ1) is 15.3. The summed E-state index contributed by atoms with van der Waals surface area (Å²) < 4.78 is 38.5. The number of carbonyl (C=O) groups is 1. The number of nitrogens with two attached hydrogens (primary N) is 1. The van der Waals surface area contributed by atoms with Gasteiger partial charge in [0.15, 0.2) is 0 Å². The Labute approximate surface area is 127 Å². The van der Waals surface area contributed by atoms with E-state index in [9.17, 15) is 18.0 Å². The molecule has 6 heteroatoms. The van der Waals surface area contributed by atoms with Gasteiger partial charge in [0.2, 0.25) is 5.91 Å². The highest BCUT2D eigenvalue weighted by molar-refractivity contribution is 5.91. The van der Waals surface area contributed by atoms with Crippen LogP contribution in [-0.4, -0.2) is 18.5 Å². The highest BCUT2D eigenvalue weighted by Gasteiger charge is 2.52. The molecule has 1 unspecified atom stereocenters. The van der Waals surface area contributed by atoms with Gasteiger partial charge in [-0.15, -0.1) is 0 Å². The Hall–Kier alpha value is -1.56. The first-order valence-corrected chi connectivity index (χ1v) is 7.55. The Balaban J connectivity index is 1.79. The van der Waals surface area contributed by atoms with Crippen molar-refractivity contribution in [1.82, 2.24) is 5.32 Å². The van der Waals surface area contributed by atoms with Crippen molar-refractivity contribution < 1.29 is 18.0 Å². The van der Waals surface area contributed by atoms with Gasteiger partial charge >= 0.3 is 6.18 Å². The fraction of sp³-hybridized carbons (Fsp3) is 0.562. The minimum atomic E-state index is -4.39. The molecule has 2 saturated carbocycles. The van der Waals surface area contributed by atoms with E-state index >= 15 is 0 Å². The molecule has 0 radical (unpaired) electrons. The van der Waals surface area contributed by atoms with Crippen molar-refractivity contribution in [3.05, 3.63) is 35.4 Å². The van der Waals surface area contributed by atoms with Gasteiger partial charge in [-0.1, -0.05) is 18.2 Å². The Morgan fingerprint density at radius 3 is 2.55 bits per heavy atom. The van der Waals surface area contributed by atoms with Crippen LogP contribution in [0, 0.1) is 5.92 Å². The molecule has 22 heavy (non-hydrogen) atoms. The van der Waals surface area contributed by atoms with Crippen LogP contribution in [0.2, 0.25) is 0 Å². The summed E-state index contributed by atoms with van der Waals surface area (Å²) >= 11 is 0. The average Bonchev–Trinajstić information content (AvgIpc) is 3.37. The number of carbonyl (C=O) groups excluding carboxylic acids is 1. The van der Waals surface area contributed by atoms with Crippen molar-refractivity contribution in [2.75, 3.05) is 6.54 Å². The summed E-state index contributed by atoms with van der Waals surface area (Å²) in [6, 6.07) is 5.05. The summed E-state index contributed by atoms with van der Waals surface area (Å²) in [5, 5.41) is 2.94. The molecular weight excluding hydrogens is 293 g/mol. The van der Waals surface area contributed by atoms with Crippen LogP contribution < -0.4 is 11.1 Å². The molecule has 0 saturated heterocycles. The number of alkyl halides is 3. The smallest absolute Gasteiger partial charge is 0.351 e. The number of halogens is 3. The molecule has 0 heterocycles. The number of rotatable bonds is 5. The van der Waals surface area contributed by atoms with Gasteiger partial charge in [0.25, 0.3) is 0 Å². The minimum absolute atomic E-state index is 0.0595. The first-order valence-electron chi connectivity index (χ1n) is 7.55. The van der Waals surface area contributed by atoms with Crippen LogP contribution >= 0.6 is 0 Å². The molecule has 1 aromatic rings. The lowest BCUT2D eigenvalue weighted by molar-refractivity contribution is -0.137. The van der Waals surface area contributed by atoms with Crippen molar-refractivity contribution in [3.63, 3.8) is 0 Å². The minimum Gasteiger partial charge on any atom is -0.351 e. The second-order valence-corrected chi connectivity index (χ2v) is 6.31. The van der Waals surface area contributed by atoms with Gasteiger partial charge in [-0.3, -0.25) is 4.79 Å². The van der Waals surface area contributed by atoms with E-state index in [4.69, 9.17) is 5.73 Å². The van der Waals surface area contributed by atoms with Gasteiger partial charge in [-0.2, -0.15) is 13.2 Å². The topological polar surface area (TPSA) is 55.1 Å². The number of nitrogens with one attached hydrogen (secondary N) is 1. The lowest BCUT2D eigenvalue weighted by Crippen LogP contribution is -2.46. The third kappa shape index (κ3) is 2.84. The molecule has 0 bridgehead atoms. The molecule has 3 rings (SSSR count). The molecule has 2 aliphatic rings. The molecule has 1 amide bonds. The summed E-state index contributed by atoms with van der Waals surface area (Å²) in [7, 11) is 0. The Morgan fingerprint density at radius 1 is 1.36 bits per heavy atom. The van der Waals surface area contributed by atoms with E-state index in [0.717, 1.165) is 25.0 Å². The molecule has 1 atom stereocenters. The van der Waals surface area contributed by atoms with Crippen LogP contribution in [0.4, 0.5) is 13.2 Å². The fourth-order valence-corrected chi connectivity index (χ4v) is 2.94. The molecule has 120 valence electrons. The molecule has 2 aliphatic carbocycles. The third-order valence-corrected chi connectivity index (χ3v) is 4.69. The van der Waals surface area contributed by atoms with Crippen molar-refractivity contribution in [3.8, 4) is 0 Å². The van der Waals surface area contributed by atoms with E-state index in [2.05, 4.69) is 5.32 Å². The summed E-state index contributed by atoms with van der Waals surface area (Å²) in [6.45, 7) is 0.370. The first-order chi connectivity index (χ1) is 10.4. The SMILES string of the molecule is NCC(NC(=O)C1(c2cccc(C(F)(F)F)c2)CC1)C1CC1. The zero-order valence-corrected chi connectivity index (χ0v) is 12.1. The zero-order valence-electron chi connectivity index (χ0n) is 12.1. The number of amides is 1. The average molecular weight is 312 g/mol. The summed E-state index contributed by atoms with van der Waals surface area (Å²) in [5.74, 6) is 0.237. The Kier molecular flexibility index (Phi) is 3.67. The summed E-state index contributed by atoms with van der Waals surface area (Å²) in [6.07, 6.45) is -1.11. The molecule has 2 fully saturated rings. The fourth-order valence-electron chi connectivity index (χ4n) is 2.94. The monoisotopic (exact) mass is 312 g/mol. The standard InChI is InChI=1S/C16H19F3N2O/c17-16(18,19)12-3-1-2-11(8-12)15(6-7-15)14(22)21-13(9-20)10-4-5-10/h1-3,8,10,13H,4-7,9,20H2,(H,21,22). The van der Waals surface area contributed by atoms with Crippen molar-refractivity contribution in [2.24, 2.45) is 11.7 Å². The summed E-state index contributed by atoms with van der Waals surface area (Å²) in [5.41, 5.74) is 4.62. The second-order valence-electron chi connectivity index (χ2n) is 6.31. The van der Waals surface area contributed by atoms with E-state index in [1.807, 2.05) is 0 Å². The van der Waals surface area contributed by atoms with Gasteiger partial charge in [0.1, 0.15) is 0 Å². The van der Waals surface area contributed by atoms with Crippen LogP contribution in [0.25, 0.3) is 0 Å². The highest BCUT2D eigenvalue weighted by Crippen LogP contribution is 2.49. The van der Waals surface area contributed by atoms with Crippen LogP contribution in [0.5, 0.6) is 0 Å². The predicted octanol–water partition coefficient (Wildman–Crippen LogP) is 2.59. The molecular formula is C16H19F3N2O. The van der Waals surface area contributed by atoms with E-state index in [1.54, 1.807) is 6.07 Å². The van der Waals surface area contributed by atoms with Crippen LogP contribution in [0.1, 0.15) is 36.8 Å². The van der Waals surface area contributed by atoms with Crippen LogP contribution in [0.15, 0.2) is 24.3 Å². The molecule has 0 spiro atoms. The molecule has 1 aromatic carbocycles. The number of benzene rings is 1. The van der Waals surface area contributed by atoms with E-state index in [1.165, 1.54) is 6.07 Å². The van der Waals surface area contributed by atoms with Gasteiger partial charge in [-0.25, -0.2) is 0 Å². The molecule has 3 N–H and O–H groups in total. The lowest BCUT2D eigenvalue weighted by atomic mass is 9.92. The third-order valence-electron chi connectivity index (χ3n) is 4.69. The number of hydrogen-bond acceptors (Lipinski definition) is 2. The maximum Gasteiger partial charge on any atom is 0.416 e. The van der Waals surface area contributed by atoms with E-state index < -0.39 is 17.2 Å². The van der Waals surface area contributed by atoms with Crippen LogP contribution in [0.3, 0.4) is 0 Å². The Bertz CT molecular complexity index is 577. The zero-order chi connectivity index (χ0) is 16.0. The van der Waals surface area contributed by atoms with Gasteiger partial charge < -0.3 is 11.1 Å². The van der Waals surface area contributed by atoms with Crippen molar-refractivity contribution in [1.29, 1.82) is 0 Å². The van der Waals surface area contributed by atoms with E-state index in [-0.39, 0.29) is 11.9 Å². The van der Waals surface area contributed by atoms with Gasteiger partial charge in [0, 0.05) is 12.6 Å². The van der Waals surface area contributed by atoms with Gasteiger partial charge in [0.05, 0.1) is 11.0 Å². The second kappa shape index (κ2) is 5.26. The maximum atomic E-state index is 12.8. The molecule has 3 nitrogen and oxygen atoms in total. The van der Waals surface area contributed by atoms with Crippen LogP contribution in [-0.2, 0) is 16.4 Å². The summed E-state index contributed by atoms with van der Waals surface area (Å²) in [4.78, 5) is 12.5. The number of hydrogen-bond donors (Lipinski definition) is 2.